The molecule has 0 aromatic carbocycles. The van der Waals surface area contributed by atoms with E-state index in [1.54, 1.807) is 3.28 Å². The van der Waals surface area contributed by atoms with Crippen molar-refractivity contribution in [3.63, 3.8) is 0 Å². The van der Waals surface area contributed by atoms with Crippen LogP contribution in [0, 0.1) is 0 Å². The summed E-state index contributed by atoms with van der Waals surface area (Å²) in [6, 6.07) is 0. The summed E-state index contributed by atoms with van der Waals surface area (Å²) in [6.45, 7) is 2.83. The van der Waals surface area contributed by atoms with Gasteiger partial charge in [0, 0.05) is 19.5 Å². The number of halogens is 1. The molecule has 0 rings (SSSR count). The molecule has 0 aromatic rings. The molecule has 0 aromatic heterocycles. The number of hydrogen-bond donors (Lipinski definition) is 1. The van der Waals surface area contributed by atoms with E-state index in [1.165, 1.54) is 0 Å². The summed E-state index contributed by atoms with van der Waals surface area (Å²) in [6.07, 6.45) is 0. The van der Waals surface area contributed by atoms with Crippen LogP contribution in [0.4, 0.5) is 0 Å². The Morgan fingerprint density at radius 2 is 2.50 bits per heavy atom. The van der Waals surface area contributed by atoms with Crippen molar-refractivity contribution < 1.29 is 4.28 Å². The van der Waals surface area contributed by atoms with E-state index in [4.69, 9.17) is 0 Å². The van der Waals surface area contributed by atoms with Gasteiger partial charge in [-0.15, -0.1) is 3.28 Å². The van der Waals surface area contributed by atoms with E-state index in [0.717, 1.165) is 6.54 Å². The first kappa shape index (κ1) is 7.00. The number of hydroxylamine groups is 1. The molecule has 6 heavy (non-hydrogen) atoms. The summed E-state index contributed by atoms with van der Waals surface area (Å²) in [5, 5.41) is 0. The third-order valence-electron chi connectivity index (χ3n) is 0.337. The van der Waals surface area contributed by atoms with Crippen molar-refractivity contribution in [2.45, 2.75) is 6.92 Å². The van der Waals surface area contributed by atoms with Crippen molar-refractivity contribution in [1.29, 1.82) is 0 Å². The fraction of sp³-hybridized carbons (Fsp3) is 1.00. The van der Waals surface area contributed by atoms with Crippen molar-refractivity contribution in [1.82, 2.24) is 3.28 Å². The SMILES string of the molecule is CCN(I)OS. The van der Waals surface area contributed by atoms with Crippen LogP contribution in [0.5, 0.6) is 0 Å². The lowest BCUT2D eigenvalue weighted by atomic mass is 10.8. The topological polar surface area (TPSA) is 12.5 Å². The molecule has 0 unspecified atom stereocenters. The normalized spacial score (nSPS) is 10.0. The average Bonchev–Trinajstić information content (AvgIpc) is 1.65. The third-order valence-corrected chi connectivity index (χ3v) is 1.73. The summed E-state index contributed by atoms with van der Waals surface area (Å²) in [5.74, 6) is 0. The van der Waals surface area contributed by atoms with Crippen LogP contribution in [-0.2, 0) is 4.28 Å². The molecule has 0 aliphatic heterocycles. The van der Waals surface area contributed by atoms with Crippen LogP contribution in [0.1, 0.15) is 6.92 Å². The lowest BCUT2D eigenvalue weighted by Gasteiger charge is -2.02. The average molecular weight is 219 g/mol. The van der Waals surface area contributed by atoms with Gasteiger partial charge in [0.15, 0.2) is 0 Å². The molecule has 0 spiro atoms. The zero-order chi connectivity index (χ0) is 4.99. The second kappa shape index (κ2) is 4.17. The van der Waals surface area contributed by atoms with Crippen LogP contribution in [0.25, 0.3) is 0 Å². The molecule has 0 fully saturated rings. The molecular weight excluding hydrogens is 213 g/mol. The Morgan fingerprint density at radius 1 is 2.00 bits per heavy atom. The van der Waals surface area contributed by atoms with Crippen LogP contribution in [0.2, 0.25) is 0 Å². The Morgan fingerprint density at radius 3 is 2.50 bits per heavy atom. The van der Waals surface area contributed by atoms with E-state index in [-0.39, 0.29) is 0 Å². The maximum absolute atomic E-state index is 4.41. The van der Waals surface area contributed by atoms with Crippen molar-refractivity contribution >= 4 is 35.8 Å². The number of nitrogens with zero attached hydrogens (tertiary/aromatic N) is 1. The molecule has 0 saturated carbocycles. The Labute approximate surface area is 56.9 Å². The molecule has 38 valence electrons. The van der Waals surface area contributed by atoms with Crippen molar-refractivity contribution in [2.75, 3.05) is 6.54 Å². The molecule has 0 amide bonds. The minimum atomic E-state index is 0.851. The highest BCUT2D eigenvalue weighted by atomic mass is 127. The number of hydrogen-bond acceptors (Lipinski definition) is 3. The monoisotopic (exact) mass is 219 g/mol. The van der Waals surface area contributed by atoms with E-state index in [0.29, 0.717) is 0 Å². The van der Waals surface area contributed by atoms with E-state index in [1.807, 2.05) is 29.8 Å². The van der Waals surface area contributed by atoms with Crippen LogP contribution in [0.15, 0.2) is 0 Å². The van der Waals surface area contributed by atoms with E-state index < -0.39 is 0 Å². The molecule has 0 saturated heterocycles. The number of rotatable bonds is 2. The van der Waals surface area contributed by atoms with Gasteiger partial charge < -0.3 is 0 Å². The fourth-order valence-electron chi connectivity index (χ4n) is 0.0577. The third kappa shape index (κ3) is 3.20. The summed E-state index contributed by atoms with van der Waals surface area (Å²) < 4.78 is 6.00. The van der Waals surface area contributed by atoms with Gasteiger partial charge >= 0.3 is 0 Å². The summed E-state index contributed by atoms with van der Waals surface area (Å²) in [7, 11) is 0. The Hall–Kier alpha value is 1.000. The van der Waals surface area contributed by atoms with Crippen molar-refractivity contribution in [2.24, 2.45) is 0 Å². The van der Waals surface area contributed by atoms with Gasteiger partial charge in [0.25, 0.3) is 0 Å². The molecule has 2 nitrogen and oxygen atoms in total. The van der Waals surface area contributed by atoms with Gasteiger partial charge in [0.1, 0.15) is 0 Å². The minimum absolute atomic E-state index is 0.851. The summed E-state index contributed by atoms with van der Waals surface area (Å²) >= 11 is 5.52. The van der Waals surface area contributed by atoms with E-state index in [2.05, 4.69) is 17.2 Å². The maximum Gasteiger partial charge on any atom is 0.0507 e. The molecule has 4 heteroatoms. The molecule has 0 N–H and O–H groups in total. The summed E-state index contributed by atoms with van der Waals surface area (Å²) in [4.78, 5) is 0. The first-order valence-electron chi connectivity index (χ1n) is 1.56. The van der Waals surface area contributed by atoms with Crippen molar-refractivity contribution in [3.05, 3.63) is 0 Å². The van der Waals surface area contributed by atoms with Gasteiger partial charge in [-0.05, 0) is 6.92 Å². The highest BCUT2D eigenvalue weighted by Crippen LogP contribution is 1.98. The molecule has 0 atom stereocenters. The van der Waals surface area contributed by atoms with Gasteiger partial charge in [-0.25, -0.2) is 4.28 Å². The maximum atomic E-state index is 4.41. The van der Waals surface area contributed by atoms with Crippen LogP contribution < -0.4 is 0 Å². The Bertz CT molecular complexity index is 32.7. The highest BCUT2D eigenvalue weighted by molar-refractivity contribution is 14.1. The Balaban J connectivity index is 2.75. The fourth-order valence-corrected chi connectivity index (χ4v) is 0.173. The number of thiol groups is 1. The van der Waals surface area contributed by atoms with Crippen LogP contribution in [-0.4, -0.2) is 9.82 Å². The molecule has 0 bridgehead atoms. The van der Waals surface area contributed by atoms with Gasteiger partial charge in [0.2, 0.25) is 0 Å². The van der Waals surface area contributed by atoms with Crippen LogP contribution in [0.3, 0.4) is 0 Å². The van der Waals surface area contributed by atoms with Gasteiger partial charge in [-0.3, -0.25) is 0 Å². The molecule has 0 aliphatic carbocycles. The highest BCUT2D eigenvalue weighted by Gasteiger charge is 1.86. The quantitative estimate of drug-likeness (QED) is 0.248. The second-order valence-corrected chi connectivity index (χ2v) is 1.95. The molecule has 0 aliphatic rings. The second-order valence-electron chi connectivity index (χ2n) is 0.716. The Kier molecular flexibility index (Phi) is 4.86. The van der Waals surface area contributed by atoms with Crippen molar-refractivity contribution in [3.8, 4) is 0 Å². The standard InChI is InChI=1S/C2H6INOS/c1-2-4(3)5-6/h6H,2H2,1H3. The zero-order valence-electron chi connectivity index (χ0n) is 3.39. The molecule has 0 radical (unpaired) electrons. The largest absolute Gasteiger partial charge is 0.222 e. The first-order valence-corrected chi connectivity index (χ1v) is 2.89. The van der Waals surface area contributed by atoms with Gasteiger partial charge in [0.05, 0.1) is 22.9 Å². The lowest BCUT2D eigenvalue weighted by molar-refractivity contribution is 0.118. The molecule has 0 heterocycles. The van der Waals surface area contributed by atoms with Crippen LogP contribution >= 0.6 is 35.8 Å². The summed E-state index contributed by atoms with van der Waals surface area (Å²) in [5.41, 5.74) is 0. The zero-order valence-corrected chi connectivity index (χ0v) is 6.44. The predicted molar refractivity (Wildman–Crippen MR) is 36.5 cm³/mol. The van der Waals surface area contributed by atoms with Gasteiger partial charge in [-0.1, -0.05) is 0 Å². The van der Waals surface area contributed by atoms with E-state index >= 15 is 0 Å². The first-order chi connectivity index (χ1) is 2.81. The minimum Gasteiger partial charge on any atom is -0.222 e. The van der Waals surface area contributed by atoms with E-state index in [9.17, 15) is 0 Å². The lowest BCUT2D eigenvalue weighted by Crippen LogP contribution is -2.03. The predicted octanol–water partition coefficient (Wildman–Crippen LogP) is 1.43. The molecular formula is C2H6INOS. The van der Waals surface area contributed by atoms with Gasteiger partial charge in [-0.2, -0.15) is 0 Å². The smallest absolute Gasteiger partial charge is 0.0507 e.